The van der Waals surface area contributed by atoms with Crippen LogP contribution < -0.4 is 9.46 Å². The number of carboxylic acid groups (broad SMARTS) is 1. The molecule has 0 saturated heterocycles. The summed E-state index contributed by atoms with van der Waals surface area (Å²) >= 11 is 0. The minimum atomic E-state index is -4.50. The number of carbonyl (C=O) groups is 1. The lowest BCUT2D eigenvalue weighted by Crippen LogP contribution is -2.21. The first-order valence-corrected chi connectivity index (χ1v) is 7.06. The molecule has 21 heavy (non-hydrogen) atoms. The van der Waals surface area contributed by atoms with Gasteiger partial charge in [0.1, 0.15) is 10.5 Å². The Kier molecular flexibility index (Phi) is 5.18. The predicted octanol–water partition coefficient (Wildman–Crippen LogP) is 1.62. The number of halogens is 3. The molecule has 1 aromatic rings. The smallest absolute Gasteiger partial charge is 0.392 e. The number of para-hydroxylation sites is 1. The van der Waals surface area contributed by atoms with E-state index in [4.69, 9.17) is 9.84 Å². The molecule has 0 bridgehead atoms. The number of benzene rings is 1. The first-order valence-electron chi connectivity index (χ1n) is 5.58. The second-order valence-electron chi connectivity index (χ2n) is 3.86. The van der Waals surface area contributed by atoms with Crippen LogP contribution in [0.5, 0.6) is 5.75 Å². The maximum Gasteiger partial charge on any atom is 0.392 e. The summed E-state index contributed by atoms with van der Waals surface area (Å²) in [5.41, 5.74) is -0.534. The summed E-state index contributed by atoms with van der Waals surface area (Å²) in [5, 5.41) is 8.97. The van der Waals surface area contributed by atoms with Gasteiger partial charge in [0.15, 0.2) is 5.75 Å². The number of ether oxygens (including phenoxy) is 1. The molecule has 2 N–H and O–H groups in total. The van der Waals surface area contributed by atoms with Crippen LogP contribution >= 0.6 is 0 Å². The van der Waals surface area contributed by atoms with Gasteiger partial charge in [0.05, 0.1) is 13.0 Å². The zero-order chi connectivity index (χ0) is 16.3. The Labute approximate surface area is 118 Å². The Morgan fingerprint density at radius 2 is 2.00 bits per heavy atom. The Bertz CT molecular complexity index is 627. The fraction of sp³-hybridized carbons (Fsp3) is 0.364. The van der Waals surface area contributed by atoms with Crippen molar-refractivity contribution in [3.05, 3.63) is 23.8 Å². The quantitative estimate of drug-likeness (QED) is 0.828. The molecular weight excluding hydrogens is 315 g/mol. The van der Waals surface area contributed by atoms with Crippen molar-refractivity contribution in [3.63, 3.8) is 0 Å². The molecule has 0 unspecified atom stereocenters. The maximum absolute atomic E-state index is 12.1. The van der Waals surface area contributed by atoms with Crippen molar-refractivity contribution in [3.8, 4) is 5.75 Å². The van der Waals surface area contributed by atoms with E-state index in [0.29, 0.717) is 0 Å². The van der Waals surface area contributed by atoms with Crippen LogP contribution in [0.25, 0.3) is 0 Å². The van der Waals surface area contributed by atoms with Crippen LogP contribution in [-0.4, -0.2) is 39.3 Å². The summed E-state index contributed by atoms with van der Waals surface area (Å²) in [6, 6.07) is 3.24. The standard InChI is InChI=1S/C11H12F3NO5S/c1-15-21(18,19)8-4-2-3-7(10(16)17)9(8)20-6-5-11(12,13)14/h2-4,15H,5-6H2,1H3,(H,16,17). The second kappa shape index (κ2) is 6.31. The topological polar surface area (TPSA) is 92.7 Å². The molecule has 10 heteroatoms. The molecule has 0 spiro atoms. The third kappa shape index (κ3) is 4.60. The van der Waals surface area contributed by atoms with Crippen LogP contribution in [-0.2, 0) is 10.0 Å². The summed E-state index contributed by atoms with van der Waals surface area (Å²) in [5.74, 6) is -2.13. The predicted molar refractivity (Wildman–Crippen MR) is 65.8 cm³/mol. The molecule has 0 amide bonds. The van der Waals surface area contributed by atoms with Gasteiger partial charge in [0, 0.05) is 0 Å². The average Bonchev–Trinajstić information content (AvgIpc) is 2.37. The van der Waals surface area contributed by atoms with Crippen molar-refractivity contribution in [1.29, 1.82) is 0 Å². The highest BCUT2D eigenvalue weighted by Crippen LogP contribution is 2.29. The van der Waals surface area contributed by atoms with Gasteiger partial charge in [-0.15, -0.1) is 0 Å². The molecule has 0 radical (unpaired) electrons. The third-order valence-electron chi connectivity index (χ3n) is 2.40. The lowest BCUT2D eigenvalue weighted by molar-refractivity contribution is -0.139. The van der Waals surface area contributed by atoms with Gasteiger partial charge in [-0.3, -0.25) is 0 Å². The zero-order valence-corrected chi connectivity index (χ0v) is 11.6. The molecule has 0 fully saturated rings. The van der Waals surface area contributed by atoms with Crippen molar-refractivity contribution in [2.45, 2.75) is 17.5 Å². The fourth-order valence-electron chi connectivity index (χ4n) is 1.42. The van der Waals surface area contributed by atoms with Crippen LogP contribution in [0.3, 0.4) is 0 Å². The third-order valence-corrected chi connectivity index (χ3v) is 3.84. The van der Waals surface area contributed by atoms with E-state index in [-0.39, 0.29) is 0 Å². The summed E-state index contributed by atoms with van der Waals surface area (Å²) in [6.45, 7) is -0.889. The summed E-state index contributed by atoms with van der Waals surface area (Å²) < 4.78 is 66.5. The summed E-state index contributed by atoms with van der Waals surface area (Å²) in [6.07, 6.45) is -5.83. The Hall–Kier alpha value is -1.81. The van der Waals surface area contributed by atoms with Crippen LogP contribution in [0.1, 0.15) is 16.8 Å². The lowest BCUT2D eigenvalue weighted by Gasteiger charge is -2.14. The summed E-state index contributed by atoms with van der Waals surface area (Å²) in [4.78, 5) is 10.5. The zero-order valence-electron chi connectivity index (χ0n) is 10.8. The molecule has 0 atom stereocenters. The Morgan fingerprint density at radius 3 is 2.48 bits per heavy atom. The van der Waals surface area contributed by atoms with E-state index in [2.05, 4.69) is 0 Å². The molecule has 0 aliphatic carbocycles. The van der Waals surface area contributed by atoms with Gasteiger partial charge in [-0.1, -0.05) is 6.07 Å². The van der Waals surface area contributed by atoms with E-state index in [9.17, 15) is 26.4 Å². The minimum Gasteiger partial charge on any atom is -0.491 e. The van der Waals surface area contributed by atoms with Crippen molar-refractivity contribution < 1.29 is 36.2 Å². The van der Waals surface area contributed by atoms with Gasteiger partial charge < -0.3 is 9.84 Å². The van der Waals surface area contributed by atoms with Gasteiger partial charge in [0.25, 0.3) is 0 Å². The Balaban J connectivity index is 3.22. The molecule has 0 aliphatic heterocycles. The largest absolute Gasteiger partial charge is 0.491 e. The van der Waals surface area contributed by atoms with Gasteiger partial charge in [-0.05, 0) is 19.2 Å². The number of rotatable bonds is 6. The highest BCUT2D eigenvalue weighted by molar-refractivity contribution is 7.89. The van der Waals surface area contributed by atoms with Crippen LogP contribution in [0, 0.1) is 0 Å². The minimum absolute atomic E-state index is 0.534. The number of alkyl halides is 3. The van der Waals surface area contributed by atoms with Gasteiger partial charge in [0.2, 0.25) is 10.0 Å². The van der Waals surface area contributed by atoms with E-state index in [1.807, 2.05) is 4.72 Å². The second-order valence-corrected chi connectivity index (χ2v) is 5.71. The van der Waals surface area contributed by atoms with Crippen LogP contribution in [0.15, 0.2) is 23.1 Å². The molecule has 1 aromatic carbocycles. The molecule has 6 nitrogen and oxygen atoms in total. The van der Waals surface area contributed by atoms with Gasteiger partial charge in [-0.2, -0.15) is 13.2 Å². The van der Waals surface area contributed by atoms with Gasteiger partial charge >= 0.3 is 12.1 Å². The SMILES string of the molecule is CNS(=O)(=O)c1cccc(C(=O)O)c1OCCC(F)(F)F. The average molecular weight is 327 g/mol. The molecule has 0 aliphatic rings. The normalized spacial score (nSPS) is 12.2. The van der Waals surface area contributed by atoms with Crippen molar-refractivity contribution in [1.82, 2.24) is 4.72 Å². The van der Waals surface area contributed by atoms with E-state index >= 15 is 0 Å². The monoisotopic (exact) mass is 327 g/mol. The molecule has 118 valence electrons. The highest BCUT2D eigenvalue weighted by atomic mass is 32.2. The molecule has 0 aromatic heterocycles. The summed E-state index contributed by atoms with van der Waals surface area (Å²) in [7, 11) is -2.98. The molecule has 1 rings (SSSR count). The number of aromatic carboxylic acids is 1. The van der Waals surface area contributed by atoms with Crippen molar-refractivity contribution in [2.75, 3.05) is 13.7 Å². The lowest BCUT2D eigenvalue weighted by atomic mass is 10.2. The first-order chi connectivity index (χ1) is 9.58. The van der Waals surface area contributed by atoms with Crippen molar-refractivity contribution in [2.24, 2.45) is 0 Å². The molecule has 0 saturated carbocycles. The van der Waals surface area contributed by atoms with Gasteiger partial charge in [-0.25, -0.2) is 17.9 Å². The number of nitrogens with one attached hydrogen (secondary N) is 1. The number of hydrogen-bond acceptors (Lipinski definition) is 4. The van der Waals surface area contributed by atoms with E-state index < -0.39 is 51.4 Å². The highest BCUT2D eigenvalue weighted by Gasteiger charge is 2.29. The van der Waals surface area contributed by atoms with Crippen molar-refractivity contribution >= 4 is 16.0 Å². The molecular formula is C11H12F3NO5S. The van der Waals surface area contributed by atoms with Crippen LogP contribution in [0.2, 0.25) is 0 Å². The van der Waals surface area contributed by atoms with E-state index in [1.54, 1.807) is 0 Å². The molecule has 0 heterocycles. The number of sulfonamides is 1. The fourth-order valence-corrected chi connectivity index (χ4v) is 2.31. The van der Waals surface area contributed by atoms with E-state index in [0.717, 1.165) is 25.2 Å². The first kappa shape index (κ1) is 17.2. The maximum atomic E-state index is 12.1. The Morgan fingerprint density at radius 1 is 1.38 bits per heavy atom. The number of hydrogen-bond donors (Lipinski definition) is 2. The van der Waals surface area contributed by atoms with E-state index in [1.165, 1.54) is 0 Å². The number of carboxylic acids is 1. The van der Waals surface area contributed by atoms with Crippen LogP contribution in [0.4, 0.5) is 13.2 Å².